The van der Waals surface area contributed by atoms with E-state index in [-0.39, 0.29) is 14.5 Å². The van der Waals surface area contributed by atoms with Gasteiger partial charge in [0.1, 0.15) is 0 Å². The molecule has 0 radical (unpaired) electrons. The quantitative estimate of drug-likeness (QED) is 0.555. The lowest BCUT2D eigenvalue weighted by molar-refractivity contribution is 0.824. The van der Waals surface area contributed by atoms with Gasteiger partial charge in [0.25, 0.3) is 0 Å². The maximum absolute atomic E-state index is 5.03. The first-order valence-electron chi connectivity index (χ1n) is 2.62. The van der Waals surface area contributed by atoms with Gasteiger partial charge < -0.3 is 17.4 Å². The normalized spacial score (nSPS) is 4.50. The molecule has 0 amide bonds. The van der Waals surface area contributed by atoms with E-state index < -0.39 is 0 Å². The van der Waals surface area contributed by atoms with Gasteiger partial charge in [0.05, 0.1) is 0 Å². The van der Waals surface area contributed by atoms with Crippen molar-refractivity contribution in [1.29, 1.82) is 0 Å². The molecule has 0 aliphatic rings. The van der Waals surface area contributed by atoms with Crippen LogP contribution in [-0.2, 0) is 0 Å². The molecule has 3 nitrogen and oxygen atoms in total. The zero-order valence-electron chi connectivity index (χ0n) is 6.20. The van der Waals surface area contributed by atoms with Gasteiger partial charge in [-0.15, -0.1) is 0 Å². The molecule has 60 valence electrons. The van der Waals surface area contributed by atoms with Crippen LogP contribution in [0.5, 0.6) is 0 Å². The molecule has 0 saturated carbocycles. The third kappa shape index (κ3) is 181. The lowest BCUT2D eigenvalue weighted by Gasteiger charge is -1.70. The Hall–Kier alpha value is -0.120. The summed E-state index contributed by atoms with van der Waals surface area (Å²) in [5.41, 5.74) is 5.03. The summed E-state index contributed by atoms with van der Waals surface area (Å²) in [6.07, 6.45) is 1.10. The molecule has 0 saturated heterocycles. The van der Waals surface area contributed by atoms with Gasteiger partial charge in [0, 0.05) is 2.85 Å². The molecule has 0 aromatic rings. The second-order valence-electron chi connectivity index (χ2n) is 0.789. The molecular formula is C5H24N2O. The Morgan fingerprint density at radius 1 is 1.38 bits per heavy atom. The summed E-state index contributed by atoms with van der Waals surface area (Å²) < 4.78 is 0. The molecule has 0 aliphatic heterocycles. The molecule has 7 N–H and O–H groups in total. The molecule has 0 rings (SSSR count). The predicted molar refractivity (Wildman–Crippen MR) is 43.6 cm³/mol. The van der Waals surface area contributed by atoms with Crippen molar-refractivity contribution in [2.45, 2.75) is 27.2 Å². The van der Waals surface area contributed by atoms with Crippen molar-refractivity contribution >= 4 is 0 Å². The Morgan fingerprint density at radius 3 is 1.50 bits per heavy atom. The summed E-state index contributed by atoms with van der Waals surface area (Å²) in [7, 11) is 0. The fraction of sp³-hybridized carbons (Fsp3) is 1.00. The lowest BCUT2D eigenvalue weighted by atomic mass is 10.5. The summed E-state index contributed by atoms with van der Waals surface area (Å²) in [5.74, 6) is 0. The molecule has 0 bridgehead atoms. The third-order valence-corrected chi connectivity index (χ3v) is 0.289. The molecule has 0 fully saturated rings. The van der Waals surface area contributed by atoms with Crippen molar-refractivity contribution in [3.05, 3.63) is 0 Å². The van der Waals surface area contributed by atoms with Crippen molar-refractivity contribution in [3.8, 4) is 0 Å². The Labute approximate surface area is 55.1 Å². The summed E-state index contributed by atoms with van der Waals surface area (Å²) in [6.45, 7) is 6.88. The second kappa shape index (κ2) is 67.3. The fourth-order valence-electron chi connectivity index (χ4n) is 0. The van der Waals surface area contributed by atoms with Crippen molar-refractivity contribution in [3.63, 3.8) is 0 Å². The van der Waals surface area contributed by atoms with E-state index >= 15 is 0 Å². The average molecular weight is 128 g/mol. The maximum atomic E-state index is 5.03. The van der Waals surface area contributed by atoms with E-state index in [0.717, 1.165) is 13.0 Å². The monoisotopic (exact) mass is 128 g/mol. The SMILES string of the molecule is CC.CCCN.N.O.[HH].[HH]. The molecule has 0 spiro atoms. The van der Waals surface area contributed by atoms with Crippen LogP contribution in [-0.4, -0.2) is 12.0 Å². The minimum atomic E-state index is 0. The van der Waals surface area contributed by atoms with Crippen LogP contribution in [0, 0.1) is 0 Å². The first-order valence-corrected chi connectivity index (χ1v) is 2.62. The molecule has 0 atom stereocenters. The van der Waals surface area contributed by atoms with E-state index in [2.05, 4.69) is 6.92 Å². The van der Waals surface area contributed by atoms with Crippen LogP contribution in [0.15, 0.2) is 0 Å². The Kier molecular flexibility index (Phi) is 208. The highest BCUT2D eigenvalue weighted by Gasteiger charge is 1.55. The molecule has 0 aliphatic carbocycles. The molecule has 3 heteroatoms. The number of hydrogen-bond donors (Lipinski definition) is 2. The van der Waals surface area contributed by atoms with Crippen LogP contribution in [0.2, 0.25) is 0 Å². The smallest absolute Gasteiger partial charge is 0 e. The van der Waals surface area contributed by atoms with Crippen LogP contribution in [0.3, 0.4) is 0 Å². The highest BCUT2D eigenvalue weighted by molar-refractivity contribution is 4.19. The second-order valence-corrected chi connectivity index (χ2v) is 0.789. The summed E-state index contributed by atoms with van der Waals surface area (Å²) in [6, 6.07) is 0. The maximum Gasteiger partial charge on any atom is 0 e. The third-order valence-electron chi connectivity index (χ3n) is 0.289. The summed E-state index contributed by atoms with van der Waals surface area (Å²) in [4.78, 5) is 0. The largest absolute Gasteiger partial charge is 0.412 e. The zero-order valence-corrected chi connectivity index (χ0v) is 6.20. The fourth-order valence-corrected chi connectivity index (χ4v) is 0. The van der Waals surface area contributed by atoms with Gasteiger partial charge in [-0.05, 0) is 13.0 Å². The van der Waals surface area contributed by atoms with Gasteiger partial charge in [0.15, 0.2) is 0 Å². The topological polar surface area (TPSA) is 92.5 Å². The molecular weight excluding hydrogens is 104 g/mol. The van der Waals surface area contributed by atoms with E-state index in [9.17, 15) is 0 Å². The van der Waals surface area contributed by atoms with Gasteiger partial charge in [-0.2, -0.15) is 0 Å². The molecule has 0 unspecified atom stereocenters. The van der Waals surface area contributed by atoms with E-state index in [1.165, 1.54) is 0 Å². The van der Waals surface area contributed by atoms with Gasteiger partial charge >= 0.3 is 0 Å². The van der Waals surface area contributed by atoms with Crippen LogP contribution < -0.4 is 11.9 Å². The van der Waals surface area contributed by atoms with E-state index in [1.54, 1.807) is 0 Å². The van der Waals surface area contributed by atoms with Crippen molar-refractivity contribution in [1.82, 2.24) is 6.15 Å². The Balaban J connectivity index is -0.00000000625. The number of hydrogen-bond acceptors (Lipinski definition) is 2. The molecule has 8 heavy (non-hydrogen) atoms. The van der Waals surface area contributed by atoms with Gasteiger partial charge in [0.2, 0.25) is 0 Å². The molecule has 0 aromatic heterocycles. The van der Waals surface area contributed by atoms with Gasteiger partial charge in [-0.1, -0.05) is 20.8 Å². The minimum absolute atomic E-state index is 0. The zero-order chi connectivity index (χ0) is 5.41. The highest BCUT2D eigenvalue weighted by Crippen LogP contribution is 1.57. The van der Waals surface area contributed by atoms with Crippen LogP contribution in [0.1, 0.15) is 30.0 Å². The number of rotatable bonds is 1. The summed E-state index contributed by atoms with van der Waals surface area (Å²) in [5, 5.41) is 0. The van der Waals surface area contributed by atoms with E-state index in [0.29, 0.717) is 0 Å². The average Bonchev–Trinajstić information content (AvgIpc) is 1.72. The van der Waals surface area contributed by atoms with Gasteiger partial charge in [-0.25, -0.2) is 0 Å². The Bertz CT molecular complexity index is 19.6. The first-order chi connectivity index (χ1) is 2.91. The van der Waals surface area contributed by atoms with Crippen LogP contribution >= 0.6 is 0 Å². The molecule has 0 aromatic carbocycles. The lowest BCUT2D eigenvalue weighted by Crippen LogP contribution is -1.93. The van der Waals surface area contributed by atoms with Crippen molar-refractivity contribution in [2.24, 2.45) is 5.73 Å². The van der Waals surface area contributed by atoms with Crippen molar-refractivity contribution in [2.75, 3.05) is 6.54 Å². The Morgan fingerprint density at radius 2 is 1.50 bits per heavy atom. The molecule has 0 heterocycles. The predicted octanol–water partition coefficient (Wildman–Crippen LogP) is 1.21. The first kappa shape index (κ1) is 24.8. The standard InChI is InChI=1S/C3H9N.C2H6.H3N.H2O.2H2/c1-2-3-4;1-2;;;;/h2-4H2,1H3;1-2H3;1H3;1H2;2*1H. The summed E-state index contributed by atoms with van der Waals surface area (Å²) >= 11 is 0. The van der Waals surface area contributed by atoms with Gasteiger partial charge in [-0.3, -0.25) is 0 Å². The minimum Gasteiger partial charge on any atom is -0.412 e. The van der Waals surface area contributed by atoms with Crippen LogP contribution in [0.25, 0.3) is 0 Å². The van der Waals surface area contributed by atoms with Crippen LogP contribution in [0.4, 0.5) is 0 Å². The van der Waals surface area contributed by atoms with Crippen molar-refractivity contribution < 1.29 is 8.33 Å². The highest BCUT2D eigenvalue weighted by atomic mass is 16.0. The number of nitrogens with two attached hydrogens (primary N) is 1. The van der Waals surface area contributed by atoms with E-state index in [4.69, 9.17) is 5.73 Å². The van der Waals surface area contributed by atoms with E-state index in [1.807, 2.05) is 13.8 Å².